The highest BCUT2D eigenvalue weighted by atomic mass is 35.5. The van der Waals surface area contributed by atoms with Gasteiger partial charge in [-0.2, -0.15) is 11.3 Å². The third-order valence-electron chi connectivity index (χ3n) is 2.77. The Balaban J connectivity index is 2.08. The minimum Gasteiger partial charge on any atom is -0.478 e. The molecular weight excluding hydrogens is 334 g/mol. The summed E-state index contributed by atoms with van der Waals surface area (Å²) in [6.45, 7) is 0.261. The quantitative estimate of drug-likeness (QED) is 0.843. The molecule has 0 radical (unpaired) electrons. The Morgan fingerprint density at radius 1 is 1.33 bits per heavy atom. The number of thiophene rings is 1. The zero-order valence-electron chi connectivity index (χ0n) is 10.7. The summed E-state index contributed by atoms with van der Waals surface area (Å²) in [4.78, 5) is 10.8. The molecule has 2 N–H and O–H groups in total. The number of carbonyl (C=O) groups is 1. The van der Waals surface area contributed by atoms with E-state index in [0.717, 1.165) is 11.6 Å². The lowest BCUT2D eigenvalue weighted by Gasteiger charge is -2.07. The van der Waals surface area contributed by atoms with E-state index in [1.54, 1.807) is 11.3 Å². The van der Waals surface area contributed by atoms with Crippen molar-refractivity contribution in [1.29, 1.82) is 0 Å². The Kier molecular flexibility index (Phi) is 5.00. The molecule has 21 heavy (non-hydrogen) atoms. The molecule has 1 heterocycles. The Morgan fingerprint density at radius 2 is 2.10 bits per heavy atom. The molecule has 2 aromatic rings. The predicted octanol–water partition coefficient (Wildman–Crippen LogP) is 2.62. The summed E-state index contributed by atoms with van der Waals surface area (Å²) < 4.78 is 26.6. The molecule has 2 rings (SSSR count). The number of aromatic carboxylic acids is 1. The number of halogens is 1. The molecule has 1 aromatic carbocycles. The molecule has 0 aliphatic carbocycles. The topological polar surface area (TPSA) is 83.5 Å². The van der Waals surface area contributed by atoms with E-state index in [-0.39, 0.29) is 22.0 Å². The number of hydrogen-bond acceptors (Lipinski definition) is 4. The summed E-state index contributed by atoms with van der Waals surface area (Å²) in [5.41, 5.74) is 0.927. The van der Waals surface area contributed by atoms with Gasteiger partial charge in [0.15, 0.2) is 0 Å². The maximum Gasteiger partial charge on any atom is 0.337 e. The van der Waals surface area contributed by atoms with Crippen molar-refractivity contribution >= 4 is 38.9 Å². The van der Waals surface area contributed by atoms with Gasteiger partial charge in [-0.05, 0) is 47.0 Å². The Morgan fingerprint density at radius 3 is 2.67 bits per heavy atom. The molecule has 8 heteroatoms. The average Bonchev–Trinajstić information content (AvgIpc) is 2.91. The van der Waals surface area contributed by atoms with Gasteiger partial charge in [-0.3, -0.25) is 0 Å². The van der Waals surface area contributed by atoms with E-state index in [4.69, 9.17) is 16.7 Å². The highest BCUT2D eigenvalue weighted by Crippen LogP contribution is 2.20. The molecule has 112 valence electrons. The van der Waals surface area contributed by atoms with Crippen LogP contribution in [0.4, 0.5) is 0 Å². The predicted molar refractivity (Wildman–Crippen MR) is 81.6 cm³/mol. The van der Waals surface area contributed by atoms with Crippen LogP contribution in [0.5, 0.6) is 0 Å². The van der Waals surface area contributed by atoms with Crippen LogP contribution >= 0.6 is 22.9 Å². The molecule has 0 unspecified atom stereocenters. The molecule has 0 saturated heterocycles. The first-order valence-corrected chi connectivity index (χ1v) is 8.74. The lowest BCUT2D eigenvalue weighted by atomic mass is 10.2. The molecule has 0 aliphatic rings. The Bertz CT molecular complexity index is 742. The van der Waals surface area contributed by atoms with Crippen LogP contribution < -0.4 is 4.72 Å². The lowest BCUT2D eigenvalue weighted by molar-refractivity contribution is 0.0697. The highest BCUT2D eigenvalue weighted by Gasteiger charge is 2.17. The molecular formula is C13H12ClNO4S2. The van der Waals surface area contributed by atoms with Crippen molar-refractivity contribution in [3.05, 3.63) is 51.2 Å². The minimum absolute atomic E-state index is 0.0529. The van der Waals surface area contributed by atoms with Crippen LogP contribution in [0.1, 0.15) is 15.9 Å². The maximum atomic E-state index is 12.1. The second-order valence-corrected chi connectivity index (χ2v) is 7.18. The summed E-state index contributed by atoms with van der Waals surface area (Å²) in [7, 11) is -3.70. The number of carboxylic acids is 1. The number of nitrogens with one attached hydrogen (secondary N) is 1. The average molecular weight is 346 g/mol. The molecule has 0 atom stereocenters. The number of carboxylic acid groups (broad SMARTS) is 1. The molecule has 0 fully saturated rings. The highest BCUT2D eigenvalue weighted by molar-refractivity contribution is 7.89. The Labute approximate surface area is 131 Å². The fraction of sp³-hybridized carbons (Fsp3) is 0.154. The van der Waals surface area contributed by atoms with Crippen LogP contribution in [0.3, 0.4) is 0 Å². The minimum atomic E-state index is -3.70. The molecule has 1 aromatic heterocycles. The van der Waals surface area contributed by atoms with Crippen molar-refractivity contribution in [2.45, 2.75) is 11.3 Å². The first-order chi connectivity index (χ1) is 9.90. The van der Waals surface area contributed by atoms with Crippen LogP contribution in [-0.4, -0.2) is 26.0 Å². The van der Waals surface area contributed by atoms with Crippen molar-refractivity contribution in [3.63, 3.8) is 0 Å². The number of rotatable bonds is 6. The van der Waals surface area contributed by atoms with E-state index in [0.29, 0.717) is 6.42 Å². The second-order valence-electron chi connectivity index (χ2n) is 4.23. The molecule has 0 amide bonds. The molecule has 0 spiro atoms. The zero-order chi connectivity index (χ0) is 15.5. The van der Waals surface area contributed by atoms with Crippen molar-refractivity contribution < 1.29 is 18.3 Å². The van der Waals surface area contributed by atoms with E-state index in [1.165, 1.54) is 12.1 Å². The van der Waals surface area contributed by atoms with Gasteiger partial charge in [-0.15, -0.1) is 0 Å². The summed E-state index contributed by atoms with van der Waals surface area (Å²) in [6.07, 6.45) is 0.587. The van der Waals surface area contributed by atoms with Gasteiger partial charge >= 0.3 is 5.97 Å². The molecule has 5 nitrogen and oxygen atoms in total. The number of hydrogen-bond donors (Lipinski definition) is 2. The normalized spacial score (nSPS) is 11.5. The van der Waals surface area contributed by atoms with Gasteiger partial charge in [0.2, 0.25) is 10.0 Å². The van der Waals surface area contributed by atoms with Gasteiger partial charge in [-0.1, -0.05) is 11.6 Å². The van der Waals surface area contributed by atoms with Crippen molar-refractivity contribution in [1.82, 2.24) is 4.72 Å². The zero-order valence-corrected chi connectivity index (χ0v) is 13.1. The van der Waals surface area contributed by atoms with Gasteiger partial charge in [0.25, 0.3) is 0 Å². The van der Waals surface area contributed by atoms with E-state index in [1.807, 2.05) is 16.8 Å². The summed E-state index contributed by atoms with van der Waals surface area (Å²) in [5.74, 6) is -1.20. The van der Waals surface area contributed by atoms with Crippen molar-refractivity contribution in [3.8, 4) is 0 Å². The van der Waals surface area contributed by atoms with Crippen LogP contribution in [0.2, 0.25) is 5.02 Å². The monoisotopic (exact) mass is 345 g/mol. The van der Waals surface area contributed by atoms with Gasteiger partial charge in [0, 0.05) is 6.54 Å². The fourth-order valence-electron chi connectivity index (χ4n) is 1.68. The van der Waals surface area contributed by atoms with Gasteiger partial charge in [0.05, 0.1) is 15.5 Å². The third-order valence-corrected chi connectivity index (χ3v) is 5.27. The van der Waals surface area contributed by atoms with Crippen LogP contribution in [-0.2, 0) is 16.4 Å². The standard InChI is InChI=1S/C13H12ClNO4S2/c14-12-7-10(1-2-11(12)13(16)17)21(18,19)15-5-3-9-4-6-20-8-9/h1-2,4,6-8,15H,3,5H2,(H,16,17). The Hall–Kier alpha value is -1.41. The third kappa shape index (κ3) is 4.04. The summed E-state index contributed by atoms with van der Waals surface area (Å²) >= 11 is 7.32. The molecule has 0 saturated carbocycles. The smallest absolute Gasteiger partial charge is 0.337 e. The lowest BCUT2D eigenvalue weighted by Crippen LogP contribution is -2.26. The van der Waals surface area contributed by atoms with Gasteiger partial charge in [0.1, 0.15) is 0 Å². The molecule has 0 bridgehead atoms. The molecule has 0 aliphatic heterocycles. The van der Waals surface area contributed by atoms with Gasteiger partial charge < -0.3 is 5.11 Å². The van der Waals surface area contributed by atoms with Crippen LogP contribution in [0, 0.1) is 0 Å². The number of benzene rings is 1. The first kappa shape index (κ1) is 16.0. The summed E-state index contributed by atoms with van der Waals surface area (Å²) in [6, 6.07) is 5.47. The van der Waals surface area contributed by atoms with E-state index in [9.17, 15) is 13.2 Å². The fourth-order valence-corrected chi connectivity index (χ4v) is 3.77. The summed E-state index contributed by atoms with van der Waals surface area (Å²) in [5, 5.41) is 12.6. The first-order valence-electron chi connectivity index (χ1n) is 5.94. The van der Waals surface area contributed by atoms with Crippen molar-refractivity contribution in [2.75, 3.05) is 6.54 Å². The van der Waals surface area contributed by atoms with Gasteiger partial charge in [-0.25, -0.2) is 17.9 Å². The number of sulfonamides is 1. The van der Waals surface area contributed by atoms with Crippen molar-refractivity contribution in [2.24, 2.45) is 0 Å². The van der Waals surface area contributed by atoms with Crippen LogP contribution in [0.15, 0.2) is 39.9 Å². The second kappa shape index (κ2) is 6.57. The van der Waals surface area contributed by atoms with E-state index < -0.39 is 16.0 Å². The largest absolute Gasteiger partial charge is 0.478 e. The van der Waals surface area contributed by atoms with E-state index in [2.05, 4.69) is 4.72 Å². The van der Waals surface area contributed by atoms with E-state index >= 15 is 0 Å². The maximum absolute atomic E-state index is 12.1. The van der Waals surface area contributed by atoms with Crippen LogP contribution in [0.25, 0.3) is 0 Å². The SMILES string of the molecule is O=C(O)c1ccc(S(=O)(=O)NCCc2ccsc2)cc1Cl.